The van der Waals surface area contributed by atoms with E-state index in [1.54, 1.807) is 4.68 Å². The van der Waals surface area contributed by atoms with Gasteiger partial charge in [-0.25, -0.2) is 9.67 Å². The van der Waals surface area contributed by atoms with Crippen LogP contribution in [0.3, 0.4) is 0 Å². The van der Waals surface area contributed by atoms with Crippen LogP contribution < -0.4 is 5.73 Å². The van der Waals surface area contributed by atoms with E-state index in [1.807, 2.05) is 20.8 Å². The van der Waals surface area contributed by atoms with Gasteiger partial charge in [-0.15, -0.1) is 0 Å². The van der Waals surface area contributed by atoms with Gasteiger partial charge in [0.15, 0.2) is 5.82 Å². The molecule has 2 rings (SSSR count). The molecule has 0 saturated carbocycles. The summed E-state index contributed by atoms with van der Waals surface area (Å²) in [5.74, 6) is 0.522. The first-order valence-electron chi connectivity index (χ1n) is 4.82. The second-order valence-corrected chi connectivity index (χ2v) is 3.96. The summed E-state index contributed by atoms with van der Waals surface area (Å²) in [6, 6.07) is 0. The molecule has 16 heavy (non-hydrogen) atoms. The Bertz CT molecular complexity index is 546. The van der Waals surface area contributed by atoms with Crippen molar-refractivity contribution < 1.29 is 0 Å². The van der Waals surface area contributed by atoms with Crippen LogP contribution in [0.15, 0.2) is 6.20 Å². The predicted octanol–water partition coefficient (Wildman–Crippen LogP) is 1.82. The topological polar surface area (TPSA) is 69.6 Å². The zero-order valence-corrected chi connectivity index (χ0v) is 10.1. The molecule has 0 aromatic carbocycles. The third-order valence-electron chi connectivity index (χ3n) is 2.62. The number of aromatic nitrogens is 4. The molecule has 2 heterocycles. The Morgan fingerprint density at radius 1 is 1.31 bits per heavy atom. The number of aryl methyl sites for hydroxylation is 1. The number of rotatable bonds is 1. The molecule has 0 radical (unpaired) electrons. The van der Waals surface area contributed by atoms with E-state index >= 15 is 0 Å². The maximum absolute atomic E-state index is 5.81. The van der Waals surface area contributed by atoms with E-state index in [-0.39, 0.29) is 5.28 Å². The van der Waals surface area contributed by atoms with Crippen molar-refractivity contribution in [3.8, 4) is 5.82 Å². The maximum atomic E-state index is 5.81. The van der Waals surface area contributed by atoms with E-state index in [2.05, 4.69) is 15.1 Å². The largest absolute Gasteiger partial charge is 0.394 e. The molecule has 0 fully saturated rings. The average molecular weight is 238 g/mol. The zero-order valence-electron chi connectivity index (χ0n) is 9.32. The Balaban J connectivity index is 2.67. The molecule has 84 valence electrons. The van der Waals surface area contributed by atoms with E-state index in [0.717, 1.165) is 17.0 Å². The van der Waals surface area contributed by atoms with Crippen molar-refractivity contribution in [1.29, 1.82) is 0 Å². The van der Waals surface area contributed by atoms with Crippen LogP contribution in [0, 0.1) is 20.8 Å². The van der Waals surface area contributed by atoms with Gasteiger partial charge in [-0.05, 0) is 37.9 Å². The standard InChI is InChI=1S/C10H12ClN5/c1-5-6(2)15-16(7(5)3)9-8(12)4-13-10(11)14-9/h4H,12H2,1-3H3. The van der Waals surface area contributed by atoms with E-state index in [1.165, 1.54) is 6.20 Å². The Morgan fingerprint density at radius 3 is 2.56 bits per heavy atom. The van der Waals surface area contributed by atoms with Gasteiger partial charge in [-0.3, -0.25) is 0 Å². The number of anilines is 1. The van der Waals surface area contributed by atoms with Crippen LogP contribution in [0.2, 0.25) is 5.28 Å². The van der Waals surface area contributed by atoms with Crippen molar-refractivity contribution in [3.05, 3.63) is 28.4 Å². The van der Waals surface area contributed by atoms with E-state index in [0.29, 0.717) is 11.5 Å². The smallest absolute Gasteiger partial charge is 0.224 e. The van der Waals surface area contributed by atoms with Crippen LogP contribution in [-0.4, -0.2) is 19.7 Å². The van der Waals surface area contributed by atoms with Crippen LogP contribution in [0.1, 0.15) is 17.0 Å². The Hall–Kier alpha value is -1.62. The van der Waals surface area contributed by atoms with Crippen LogP contribution in [-0.2, 0) is 0 Å². The van der Waals surface area contributed by atoms with Gasteiger partial charge in [0.25, 0.3) is 0 Å². The molecule has 5 nitrogen and oxygen atoms in total. The molecular formula is C10H12ClN5. The summed E-state index contributed by atoms with van der Waals surface area (Å²) in [5, 5.41) is 4.53. The molecule has 0 aliphatic carbocycles. The van der Waals surface area contributed by atoms with Gasteiger partial charge in [0.2, 0.25) is 5.28 Å². The molecule has 0 saturated heterocycles. The summed E-state index contributed by atoms with van der Waals surface area (Å²) < 4.78 is 1.69. The zero-order chi connectivity index (χ0) is 11.9. The molecule has 6 heteroatoms. The summed E-state index contributed by atoms with van der Waals surface area (Å²) in [4.78, 5) is 7.90. The maximum Gasteiger partial charge on any atom is 0.224 e. The monoisotopic (exact) mass is 237 g/mol. The van der Waals surface area contributed by atoms with Gasteiger partial charge in [0, 0.05) is 5.69 Å². The molecule has 2 N–H and O–H groups in total. The summed E-state index contributed by atoms with van der Waals surface area (Å²) in [5.41, 5.74) is 9.33. The second kappa shape index (κ2) is 3.75. The van der Waals surface area contributed by atoms with E-state index < -0.39 is 0 Å². The van der Waals surface area contributed by atoms with Crippen LogP contribution >= 0.6 is 11.6 Å². The first kappa shape index (κ1) is 10.9. The highest BCUT2D eigenvalue weighted by Crippen LogP contribution is 2.20. The van der Waals surface area contributed by atoms with Crippen LogP contribution in [0.25, 0.3) is 5.82 Å². The summed E-state index contributed by atoms with van der Waals surface area (Å²) in [7, 11) is 0. The lowest BCUT2D eigenvalue weighted by atomic mass is 10.2. The molecule has 0 unspecified atom stereocenters. The van der Waals surface area contributed by atoms with Gasteiger partial charge in [-0.1, -0.05) is 0 Å². The highest BCUT2D eigenvalue weighted by Gasteiger charge is 2.13. The van der Waals surface area contributed by atoms with Gasteiger partial charge in [0.05, 0.1) is 17.6 Å². The average Bonchev–Trinajstić information content (AvgIpc) is 2.50. The highest BCUT2D eigenvalue weighted by atomic mass is 35.5. The summed E-state index contributed by atoms with van der Waals surface area (Å²) in [6.07, 6.45) is 1.48. The number of hydrogen-bond donors (Lipinski definition) is 1. The first-order chi connectivity index (χ1) is 7.50. The molecule has 0 spiro atoms. The van der Waals surface area contributed by atoms with Crippen molar-refractivity contribution in [3.63, 3.8) is 0 Å². The van der Waals surface area contributed by atoms with Gasteiger partial charge < -0.3 is 5.73 Å². The molecule has 0 bridgehead atoms. The molecule has 0 aliphatic heterocycles. The number of nitrogens with zero attached hydrogens (tertiary/aromatic N) is 4. The van der Waals surface area contributed by atoms with Crippen LogP contribution in [0.4, 0.5) is 5.69 Å². The number of halogens is 1. The van der Waals surface area contributed by atoms with Gasteiger partial charge >= 0.3 is 0 Å². The van der Waals surface area contributed by atoms with E-state index in [9.17, 15) is 0 Å². The minimum Gasteiger partial charge on any atom is -0.394 e. The lowest BCUT2D eigenvalue weighted by Crippen LogP contribution is -2.07. The lowest BCUT2D eigenvalue weighted by molar-refractivity contribution is 0.803. The molecule has 0 amide bonds. The van der Waals surface area contributed by atoms with Crippen molar-refractivity contribution in [2.75, 3.05) is 5.73 Å². The number of nitrogen functional groups attached to an aromatic ring is 1. The first-order valence-corrected chi connectivity index (χ1v) is 5.19. The quantitative estimate of drug-likeness (QED) is 0.769. The lowest BCUT2D eigenvalue weighted by Gasteiger charge is -2.06. The normalized spacial score (nSPS) is 10.8. The minimum atomic E-state index is 0.161. The number of hydrogen-bond acceptors (Lipinski definition) is 4. The Kier molecular flexibility index (Phi) is 2.55. The fraction of sp³-hybridized carbons (Fsp3) is 0.300. The third-order valence-corrected chi connectivity index (χ3v) is 2.80. The predicted molar refractivity (Wildman–Crippen MR) is 62.8 cm³/mol. The van der Waals surface area contributed by atoms with Gasteiger partial charge in [-0.2, -0.15) is 10.1 Å². The molecule has 2 aromatic heterocycles. The summed E-state index contributed by atoms with van der Waals surface area (Å²) in [6.45, 7) is 5.91. The van der Waals surface area contributed by atoms with Crippen molar-refractivity contribution in [1.82, 2.24) is 19.7 Å². The summed E-state index contributed by atoms with van der Waals surface area (Å²) >= 11 is 5.75. The SMILES string of the molecule is Cc1nn(-c2nc(Cl)ncc2N)c(C)c1C. The van der Waals surface area contributed by atoms with Gasteiger partial charge in [0.1, 0.15) is 0 Å². The number of nitrogens with two attached hydrogens (primary N) is 1. The van der Waals surface area contributed by atoms with Crippen LogP contribution in [0.5, 0.6) is 0 Å². The van der Waals surface area contributed by atoms with E-state index in [4.69, 9.17) is 17.3 Å². The van der Waals surface area contributed by atoms with Crippen molar-refractivity contribution in [2.24, 2.45) is 0 Å². The fourth-order valence-corrected chi connectivity index (χ4v) is 1.59. The molecule has 0 atom stereocenters. The molecular weight excluding hydrogens is 226 g/mol. The highest BCUT2D eigenvalue weighted by molar-refractivity contribution is 6.28. The Labute approximate surface area is 98.3 Å². The minimum absolute atomic E-state index is 0.161. The van der Waals surface area contributed by atoms with Crippen molar-refractivity contribution >= 4 is 17.3 Å². The van der Waals surface area contributed by atoms with Crippen molar-refractivity contribution in [2.45, 2.75) is 20.8 Å². The third kappa shape index (κ3) is 1.63. The fourth-order valence-electron chi connectivity index (χ4n) is 1.46. The second-order valence-electron chi connectivity index (χ2n) is 3.63. The molecule has 0 aliphatic rings. The Morgan fingerprint density at radius 2 is 2.00 bits per heavy atom. The molecule has 2 aromatic rings.